The molecule has 0 aliphatic rings. The number of nitrogens with zero attached hydrogens (tertiary/aromatic N) is 2. The minimum Gasteiger partial charge on any atom is -0.297 e. The lowest BCUT2D eigenvalue weighted by atomic mass is 10.1. The summed E-state index contributed by atoms with van der Waals surface area (Å²) in [4.78, 5) is 17.5. The van der Waals surface area contributed by atoms with Gasteiger partial charge in [0.05, 0.1) is 17.1 Å². The van der Waals surface area contributed by atoms with Crippen molar-refractivity contribution in [3.8, 4) is 0 Å². The highest BCUT2D eigenvalue weighted by Crippen LogP contribution is 2.27. The fourth-order valence-electron chi connectivity index (χ4n) is 1.84. The molecule has 0 unspecified atom stereocenters. The summed E-state index contributed by atoms with van der Waals surface area (Å²) in [5.74, 6) is -0.0305. The summed E-state index contributed by atoms with van der Waals surface area (Å²) in [6.07, 6.45) is 4.05. The fraction of sp³-hybridized carbons (Fsp3) is 0.0769. The molecule has 0 aliphatic heterocycles. The molecule has 0 amide bonds. The number of benzene rings is 1. The number of rotatable bonds is 3. The van der Waals surface area contributed by atoms with Crippen LogP contribution >= 0.6 is 38.9 Å². The lowest BCUT2D eigenvalue weighted by Gasteiger charge is -2.03. The van der Waals surface area contributed by atoms with E-state index in [2.05, 4.69) is 20.9 Å². The van der Waals surface area contributed by atoms with Gasteiger partial charge in [0.2, 0.25) is 0 Å². The first-order valence-electron chi connectivity index (χ1n) is 5.53. The number of imidazole rings is 1. The zero-order valence-electron chi connectivity index (χ0n) is 9.64. The van der Waals surface area contributed by atoms with Gasteiger partial charge in [0, 0.05) is 27.8 Å². The third kappa shape index (κ3) is 2.45. The molecule has 0 atom stereocenters. The average Bonchev–Trinajstić information content (AvgIpc) is 2.93. The standard InChI is InChI=1S/C13H8BrClN2OS/c14-10-3-1-2-9(12(10)15)11(18)6-8-7-17-4-5-19-13(17)16-8/h1-5,7H,6H2. The maximum atomic E-state index is 12.2. The van der Waals surface area contributed by atoms with E-state index in [-0.39, 0.29) is 12.2 Å². The minimum absolute atomic E-state index is 0.0305. The number of thiazole rings is 1. The molecular formula is C13H8BrClN2OS. The van der Waals surface area contributed by atoms with Gasteiger partial charge in [0.1, 0.15) is 0 Å². The highest BCUT2D eigenvalue weighted by atomic mass is 79.9. The summed E-state index contributed by atoms with van der Waals surface area (Å²) < 4.78 is 2.64. The van der Waals surface area contributed by atoms with Crippen molar-refractivity contribution in [2.45, 2.75) is 6.42 Å². The second kappa shape index (κ2) is 5.07. The van der Waals surface area contributed by atoms with Gasteiger partial charge in [-0.25, -0.2) is 4.98 Å². The predicted molar refractivity (Wildman–Crippen MR) is 80.3 cm³/mol. The molecule has 6 heteroatoms. The highest BCUT2D eigenvalue weighted by molar-refractivity contribution is 9.10. The van der Waals surface area contributed by atoms with E-state index < -0.39 is 0 Å². The predicted octanol–water partition coefficient (Wildman–Crippen LogP) is 4.24. The second-order valence-electron chi connectivity index (χ2n) is 4.03. The molecule has 3 nitrogen and oxygen atoms in total. The van der Waals surface area contributed by atoms with Crippen LogP contribution in [-0.2, 0) is 6.42 Å². The van der Waals surface area contributed by atoms with Crippen LogP contribution in [0.1, 0.15) is 16.1 Å². The van der Waals surface area contributed by atoms with Gasteiger partial charge in [-0.15, -0.1) is 11.3 Å². The van der Waals surface area contributed by atoms with E-state index in [1.165, 1.54) is 0 Å². The Hall–Kier alpha value is -1.17. The van der Waals surface area contributed by atoms with E-state index in [0.29, 0.717) is 10.6 Å². The number of Topliss-reactive ketones (excluding diaryl/α,β-unsaturated/α-hetero) is 1. The first-order chi connectivity index (χ1) is 9.15. The molecule has 0 N–H and O–H groups in total. The lowest BCUT2D eigenvalue weighted by Crippen LogP contribution is -2.04. The third-order valence-electron chi connectivity index (χ3n) is 2.74. The van der Waals surface area contributed by atoms with Crippen LogP contribution in [-0.4, -0.2) is 15.2 Å². The number of hydrogen-bond donors (Lipinski definition) is 0. The molecule has 2 aromatic heterocycles. The van der Waals surface area contributed by atoms with Gasteiger partial charge in [0.25, 0.3) is 0 Å². The fourth-order valence-corrected chi connectivity index (χ4v) is 3.16. The molecule has 19 heavy (non-hydrogen) atoms. The van der Waals surface area contributed by atoms with Crippen LogP contribution in [0, 0.1) is 0 Å². The number of aromatic nitrogens is 2. The van der Waals surface area contributed by atoms with Crippen molar-refractivity contribution < 1.29 is 4.79 Å². The van der Waals surface area contributed by atoms with Crippen molar-refractivity contribution in [2.24, 2.45) is 0 Å². The maximum Gasteiger partial charge on any atom is 0.193 e. The second-order valence-corrected chi connectivity index (χ2v) is 6.13. The molecule has 3 aromatic rings. The zero-order chi connectivity index (χ0) is 13.4. The van der Waals surface area contributed by atoms with Crippen molar-refractivity contribution in [3.63, 3.8) is 0 Å². The largest absolute Gasteiger partial charge is 0.297 e. The van der Waals surface area contributed by atoms with Crippen molar-refractivity contribution in [1.82, 2.24) is 9.38 Å². The normalized spacial score (nSPS) is 11.1. The quantitative estimate of drug-likeness (QED) is 0.659. The van der Waals surface area contributed by atoms with Crippen molar-refractivity contribution >= 4 is 49.6 Å². The SMILES string of the molecule is O=C(Cc1cn2ccsc2n1)c1cccc(Br)c1Cl. The van der Waals surface area contributed by atoms with Crippen LogP contribution in [0.15, 0.2) is 40.4 Å². The first kappa shape index (κ1) is 12.8. The number of carbonyl (C=O) groups is 1. The average molecular weight is 356 g/mol. The molecule has 0 saturated carbocycles. The minimum atomic E-state index is -0.0305. The molecule has 0 fully saturated rings. The summed E-state index contributed by atoms with van der Waals surface area (Å²) in [6, 6.07) is 5.34. The van der Waals surface area contributed by atoms with E-state index in [1.54, 1.807) is 23.5 Å². The van der Waals surface area contributed by atoms with Gasteiger partial charge in [-0.05, 0) is 28.1 Å². The Kier molecular flexibility index (Phi) is 3.43. The van der Waals surface area contributed by atoms with Crippen LogP contribution < -0.4 is 0 Å². The molecular weight excluding hydrogens is 348 g/mol. The van der Waals surface area contributed by atoms with Crippen LogP contribution in [0.25, 0.3) is 4.96 Å². The molecule has 1 aromatic carbocycles. The Balaban J connectivity index is 1.88. The summed E-state index contributed by atoms with van der Waals surface area (Å²) in [5, 5.41) is 2.41. The Labute approximate surface area is 127 Å². The maximum absolute atomic E-state index is 12.2. The summed E-state index contributed by atoms with van der Waals surface area (Å²) in [7, 11) is 0. The van der Waals surface area contributed by atoms with Gasteiger partial charge in [-0.2, -0.15) is 0 Å². The summed E-state index contributed by atoms with van der Waals surface area (Å²) in [5.41, 5.74) is 1.28. The topological polar surface area (TPSA) is 34.4 Å². The van der Waals surface area contributed by atoms with Gasteiger partial charge in [0.15, 0.2) is 10.7 Å². The number of carbonyl (C=O) groups excluding carboxylic acids is 1. The van der Waals surface area contributed by atoms with Gasteiger partial charge >= 0.3 is 0 Å². The van der Waals surface area contributed by atoms with Crippen LogP contribution in [0.2, 0.25) is 5.02 Å². The smallest absolute Gasteiger partial charge is 0.193 e. The molecule has 3 rings (SSSR count). The Bertz CT molecular complexity index is 736. The van der Waals surface area contributed by atoms with Crippen molar-refractivity contribution in [3.05, 3.63) is 56.7 Å². The molecule has 0 spiro atoms. The highest BCUT2D eigenvalue weighted by Gasteiger charge is 2.14. The Morgan fingerprint density at radius 2 is 2.32 bits per heavy atom. The first-order valence-corrected chi connectivity index (χ1v) is 7.58. The number of halogens is 2. The summed E-state index contributed by atoms with van der Waals surface area (Å²) >= 11 is 11.0. The monoisotopic (exact) mass is 354 g/mol. The Morgan fingerprint density at radius 1 is 1.47 bits per heavy atom. The van der Waals surface area contributed by atoms with Crippen LogP contribution in [0.4, 0.5) is 0 Å². The van der Waals surface area contributed by atoms with Crippen molar-refractivity contribution in [1.29, 1.82) is 0 Å². The summed E-state index contributed by atoms with van der Waals surface area (Å²) in [6.45, 7) is 0. The molecule has 0 aliphatic carbocycles. The third-order valence-corrected chi connectivity index (χ3v) is 4.80. The van der Waals surface area contributed by atoms with Gasteiger partial charge in [-0.1, -0.05) is 17.7 Å². The van der Waals surface area contributed by atoms with Crippen molar-refractivity contribution in [2.75, 3.05) is 0 Å². The molecule has 0 saturated heterocycles. The van der Waals surface area contributed by atoms with Gasteiger partial charge in [-0.3, -0.25) is 9.20 Å². The number of hydrogen-bond acceptors (Lipinski definition) is 3. The van der Waals surface area contributed by atoms with Crippen LogP contribution in [0.5, 0.6) is 0 Å². The van der Waals surface area contributed by atoms with Gasteiger partial charge < -0.3 is 0 Å². The molecule has 96 valence electrons. The van der Waals surface area contributed by atoms with E-state index in [1.807, 2.05) is 28.2 Å². The van der Waals surface area contributed by atoms with E-state index >= 15 is 0 Å². The lowest BCUT2D eigenvalue weighted by molar-refractivity contribution is 0.0992. The molecule has 0 bridgehead atoms. The van der Waals surface area contributed by atoms with Crippen LogP contribution in [0.3, 0.4) is 0 Å². The Morgan fingerprint density at radius 3 is 3.11 bits per heavy atom. The van der Waals surface area contributed by atoms with E-state index in [9.17, 15) is 4.79 Å². The number of ketones is 1. The molecule has 2 heterocycles. The van der Waals surface area contributed by atoms with E-state index in [0.717, 1.165) is 15.1 Å². The zero-order valence-corrected chi connectivity index (χ0v) is 12.8. The molecule has 0 radical (unpaired) electrons. The number of fused-ring (bicyclic) bond motifs is 1. The van der Waals surface area contributed by atoms with E-state index in [4.69, 9.17) is 11.6 Å².